The number of amides is 1. The molecule has 108 valence electrons. The summed E-state index contributed by atoms with van der Waals surface area (Å²) in [5.41, 5.74) is 1.91. The van der Waals surface area contributed by atoms with Gasteiger partial charge in [0.1, 0.15) is 0 Å². The van der Waals surface area contributed by atoms with Crippen molar-refractivity contribution in [3.63, 3.8) is 0 Å². The fourth-order valence-corrected chi connectivity index (χ4v) is 2.06. The Kier molecular flexibility index (Phi) is 5.32. The lowest BCUT2D eigenvalue weighted by Gasteiger charge is -2.34. The van der Waals surface area contributed by atoms with E-state index in [1.54, 1.807) is 0 Å². The summed E-state index contributed by atoms with van der Waals surface area (Å²) in [7, 11) is 2.03. The molecule has 1 aliphatic rings. The fraction of sp³-hybridized carbons (Fsp3) is 0.438. The number of nitrogens with zero attached hydrogens (tertiary/aromatic N) is 1. The molecule has 0 radical (unpaired) electrons. The second-order valence-corrected chi connectivity index (χ2v) is 5.09. The summed E-state index contributed by atoms with van der Waals surface area (Å²) < 4.78 is 5.18. The molecule has 0 aliphatic carbocycles. The molecule has 0 unspecified atom stereocenters. The minimum atomic E-state index is 0.00319. The van der Waals surface area contributed by atoms with Gasteiger partial charge < -0.3 is 10.1 Å². The molecule has 2 rings (SSSR count). The van der Waals surface area contributed by atoms with Crippen molar-refractivity contribution >= 4 is 5.91 Å². The third-order valence-electron chi connectivity index (χ3n) is 3.60. The molecular weight excluding hydrogens is 252 g/mol. The van der Waals surface area contributed by atoms with E-state index in [0.29, 0.717) is 19.1 Å². The molecule has 0 aromatic heterocycles. The summed E-state index contributed by atoms with van der Waals surface area (Å²) in [5, 5.41) is 2.97. The third kappa shape index (κ3) is 3.92. The van der Waals surface area contributed by atoms with Crippen LogP contribution in [-0.4, -0.2) is 43.7 Å². The summed E-state index contributed by atoms with van der Waals surface area (Å²) in [4.78, 5) is 14.3. The maximum absolute atomic E-state index is 12.2. The van der Waals surface area contributed by atoms with Gasteiger partial charge in [-0.3, -0.25) is 9.69 Å². The van der Waals surface area contributed by atoms with Gasteiger partial charge in [0.25, 0.3) is 0 Å². The van der Waals surface area contributed by atoms with E-state index >= 15 is 0 Å². The number of ether oxygens (including phenoxy) is 1. The average molecular weight is 274 g/mol. The first-order valence-electron chi connectivity index (χ1n) is 6.96. The number of rotatable bonds is 6. The van der Waals surface area contributed by atoms with Gasteiger partial charge in [0.2, 0.25) is 5.91 Å². The van der Waals surface area contributed by atoms with Crippen LogP contribution in [0.25, 0.3) is 0 Å². The number of carbonyl (C=O) groups is 1. The van der Waals surface area contributed by atoms with Crippen LogP contribution in [0.15, 0.2) is 42.0 Å². The third-order valence-corrected chi connectivity index (χ3v) is 3.60. The first-order valence-corrected chi connectivity index (χ1v) is 6.96. The molecule has 1 aromatic carbocycles. The van der Waals surface area contributed by atoms with E-state index in [9.17, 15) is 4.79 Å². The van der Waals surface area contributed by atoms with Gasteiger partial charge in [-0.05, 0) is 19.5 Å². The molecule has 0 saturated carbocycles. The Morgan fingerprint density at radius 2 is 2.10 bits per heavy atom. The zero-order valence-electron chi connectivity index (χ0n) is 12.1. The van der Waals surface area contributed by atoms with Crippen molar-refractivity contribution in [1.29, 1.82) is 0 Å². The first kappa shape index (κ1) is 14.8. The predicted octanol–water partition coefficient (Wildman–Crippen LogP) is 1.58. The number of likely N-dealkylation sites (N-methyl/N-ethyl adjacent to an activating group) is 1. The predicted molar refractivity (Wildman–Crippen MR) is 79.3 cm³/mol. The van der Waals surface area contributed by atoms with Gasteiger partial charge in [-0.25, -0.2) is 0 Å². The lowest BCUT2D eigenvalue weighted by Crippen LogP contribution is -2.48. The van der Waals surface area contributed by atoms with E-state index in [4.69, 9.17) is 4.74 Å². The minimum Gasteiger partial charge on any atom is -0.378 e. The van der Waals surface area contributed by atoms with Crippen LogP contribution < -0.4 is 5.32 Å². The summed E-state index contributed by atoms with van der Waals surface area (Å²) >= 11 is 0. The van der Waals surface area contributed by atoms with Crippen molar-refractivity contribution in [1.82, 2.24) is 10.2 Å². The second kappa shape index (κ2) is 7.22. The highest BCUT2D eigenvalue weighted by Crippen LogP contribution is 2.10. The van der Waals surface area contributed by atoms with Crippen LogP contribution in [0.5, 0.6) is 0 Å². The van der Waals surface area contributed by atoms with E-state index in [2.05, 4.69) is 10.2 Å². The molecule has 0 bridgehead atoms. The van der Waals surface area contributed by atoms with Gasteiger partial charge in [-0.2, -0.15) is 0 Å². The number of hydrogen-bond donors (Lipinski definition) is 1. The van der Waals surface area contributed by atoms with Crippen LogP contribution >= 0.6 is 0 Å². The maximum atomic E-state index is 12.2. The van der Waals surface area contributed by atoms with Gasteiger partial charge in [0.15, 0.2) is 0 Å². The molecular formula is C16H22N2O2. The summed E-state index contributed by atoms with van der Waals surface area (Å²) in [6.45, 7) is 4.65. The highest BCUT2D eigenvalue weighted by Gasteiger charge is 2.24. The molecule has 20 heavy (non-hydrogen) atoms. The van der Waals surface area contributed by atoms with Gasteiger partial charge in [-0.1, -0.05) is 36.4 Å². The molecule has 1 aliphatic heterocycles. The molecule has 1 saturated heterocycles. The van der Waals surface area contributed by atoms with Crippen LogP contribution in [0.4, 0.5) is 0 Å². The Hall–Kier alpha value is -1.65. The quantitative estimate of drug-likeness (QED) is 0.801. The number of hydrogen-bond acceptors (Lipinski definition) is 3. The zero-order chi connectivity index (χ0) is 14.4. The first-order chi connectivity index (χ1) is 9.70. The highest BCUT2D eigenvalue weighted by molar-refractivity contribution is 5.93. The summed E-state index contributed by atoms with van der Waals surface area (Å²) in [6.07, 6.45) is 1.89. The number of nitrogens with one attached hydrogen (secondary N) is 1. The molecule has 1 N–H and O–H groups in total. The Labute approximate surface area is 120 Å². The Bertz CT molecular complexity index is 467. The molecule has 4 heteroatoms. The van der Waals surface area contributed by atoms with E-state index in [1.807, 2.05) is 50.4 Å². The van der Waals surface area contributed by atoms with Crippen molar-refractivity contribution in [3.05, 3.63) is 47.5 Å². The standard InChI is InChI=1S/C16H22N2O2/c1-3-14(10-18(2)15-11-20-12-15)16(19)17-9-13-7-5-4-6-8-13/h3-8,15H,9-12H2,1-2H3,(H,17,19)/b14-3+. The molecule has 1 amide bonds. The van der Waals surface area contributed by atoms with Crippen LogP contribution in [0.1, 0.15) is 12.5 Å². The average Bonchev–Trinajstić information content (AvgIpc) is 2.41. The molecule has 1 heterocycles. The molecule has 1 fully saturated rings. The Balaban J connectivity index is 1.82. The summed E-state index contributed by atoms with van der Waals surface area (Å²) in [5.74, 6) is 0.00319. The van der Waals surface area contributed by atoms with Gasteiger partial charge >= 0.3 is 0 Å². The lowest BCUT2D eigenvalue weighted by molar-refractivity contribution is -0.118. The van der Waals surface area contributed by atoms with Gasteiger partial charge in [-0.15, -0.1) is 0 Å². The van der Waals surface area contributed by atoms with Crippen molar-refractivity contribution in [2.24, 2.45) is 0 Å². The van der Waals surface area contributed by atoms with Crippen molar-refractivity contribution in [2.45, 2.75) is 19.5 Å². The second-order valence-electron chi connectivity index (χ2n) is 5.09. The van der Waals surface area contributed by atoms with E-state index in [-0.39, 0.29) is 5.91 Å². The highest BCUT2D eigenvalue weighted by atomic mass is 16.5. The topological polar surface area (TPSA) is 41.6 Å². The number of carbonyl (C=O) groups excluding carboxylic acids is 1. The molecule has 1 aromatic rings. The molecule has 0 atom stereocenters. The zero-order valence-corrected chi connectivity index (χ0v) is 12.1. The Morgan fingerprint density at radius 1 is 1.40 bits per heavy atom. The largest absolute Gasteiger partial charge is 0.378 e. The van der Waals surface area contributed by atoms with Crippen molar-refractivity contribution in [3.8, 4) is 0 Å². The monoisotopic (exact) mass is 274 g/mol. The lowest BCUT2D eigenvalue weighted by atomic mass is 10.1. The minimum absolute atomic E-state index is 0.00319. The maximum Gasteiger partial charge on any atom is 0.248 e. The van der Waals surface area contributed by atoms with Gasteiger partial charge in [0.05, 0.1) is 19.3 Å². The van der Waals surface area contributed by atoms with Crippen LogP contribution in [0, 0.1) is 0 Å². The van der Waals surface area contributed by atoms with E-state index in [1.165, 1.54) is 0 Å². The normalized spacial score (nSPS) is 16.1. The Morgan fingerprint density at radius 3 is 2.65 bits per heavy atom. The van der Waals surface area contributed by atoms with Gasteiger partial charge in [0, 0.05) is 18.7 Å². The molecule has 4 nitrogen and oxygen atoms in total. The SMILES string of the molecule is C/C=C(\CN(C)C1COC1)C(=O)NCc1ccccc1. The van der Waals surface area contributed by atoms with Crippen LogP contribution in [-0.2, 0) is 16.1 Å². The number of allylic oxidation sites excluding steroid dienone is 1. The summed E-state index contributed by atoms with van der Waals surface area (Å²) in [6, 6.07) is 10.4. The van der Waals surface area contributed by atoms with Crippen molar-refractivity contribution < 1.29 is 9.53 Å². The smallest absolute Gasteiger partial charge is 0.248 e. The van der Waals surface area contributed by atoms with Crippen LogP contribution in [0.2, 0.25) is 0 Å². The fourth-order valence-electron chi connectivity index (χ4n) is 2.06. The van der Waals surface area contributed by atoms with Crippen LogP contribution in [0.3, 0.4) is 0 Å². The van der Waals surface area contributed by atoms with Crippen molar-refractivity contribution in [2.75, 3.05) is 26.8 Å². The number of benzene rings is 1. The van der Waals surface area contributed by atoms with E-state index in [0.717, 1.165) is 24.4 Å². The molecule has 0 spiro atoms. The van der Waals surface area contributed by atoms with E-state index < -0.39 is 0 Å².